The van der Waals surface area contributed by atoms with Gasteiger partial charge in [0.25, 0.3) is 0 Å². The molecule has 0 bridgehead atoms. The largest absolute Gasteiger partial charge is 0.293 e. The summed E-state index contributed by atoms with van der Waals surface area (Å²) in [6.45, 7) is 3.11. The summed E-state index contributed by atoms with van der Waals surface area (Å²) in [5, 5.41) is 2.69. The number of sulfonamides is 1. The Morgan fingerprint density at radius 1 is 1.13 bits per heavy atom. The van der Waals surface area contributed by atoms with Crippen LogP contribution in [0.15, 0.2) is 40.6 Å². The number of thiophene rings is 1. The maximum atomic E-state index is 12.6. The van der Waals surface area contributed by atoms with E-state index in [0.29, 0.717) is 29.0 Å². The molecule has 0 unspecified atom stereocenters. The molecule has 0 spiro atoms. The van der Waals surface area contributed by atoms with E-state index >= 15 is 0 Å². The number of hydrogen-bond acceptors (Lipinski definition) is 4. The van der Waals surface area contributed by atoms with Crippen LogP contribution < -0.4 is 0 Å². The van der Waals surface area contributed by atoms with Gasteiger partial charge in [-0.3, -0.25) is 4.90 Å². The number of rotatable bonds is 3. The quantitative estimate of drug-likeness (QED) is 0.836. The van der Waals surface area contributed by atoms with Crippen LogP contribution in [0.5, 0.6) is 0 Å². The first-order valence-corrected chi connectivity index (χ1v) is 10.3. The Morgan fingerprint density at radius 3 is 2.61 bits per heavy atom. The average molecular weight is 369 g/mol. The first-order valence-electron chi connectivity index (χ1n) is 7.59. The summed E-state index contributed by atoms with van der Waals surface area (Å²) in [7, 11) is -3.39. The lowest BCUT2D eigenvalue weighted by molar-refractivity contribution is 0.0775. The van der Waals surface area contributed by atoms with E-state index < -0.39 is 10.0 Å². The molecule has 1 fully saturated rings. The zero-order chi connectivity index (χ0) is 16.0. The summed E-state index contributed by atoms with van der Waals surface area (Å²) >= 11 is 7.66. The number of nitrogens with zero attached hydrogens (tertiary/aromatic N) is 2. The summed E-state index contributed by atoms with van der Waals surface area (Å²) in [5.74, 6) is 0. The van der Waals surface area contributed by atoms with Crippen LogP contribution in [0.2, 0.25) is 5.02 Å². The van der Waals surface area contributed by atoms with Crippen LogP contribution in [0, 0.1) is 0 Å². The van der Waals surface area contributed by atoms with E-state index in [2.05, 4.69) is 16.3 Å². The van der Waals surface area contributed by atoms with Crippen LogP contribution in [0.25, 0.3) is 0 Å². The average Bonchev–Trinajstić information content (AvgIpc) is 2.93. The number of halogens is 1. The van der Waals surface area contributed by atoms with Crippen LogP contribution in [0.4, 0.5) is 0 Å². The highest BCUT2D eigenvalue weighted by Gasteiger charge is 2.40. The van der Waals surface area contributed by atoms with Gasteiger partial charge in [-0.15, -0.1) is 11.3 Å². The third-order valence-corrected chi connectivity index (χ3v) is 7.75. The molecule has 0 saturated carbocycles. The molecule has 1 aromatic heterocycles. The lowest BCUT2D eigenvalue weighted by Crippen LogP contribution is -2.61. The SMILES string of the molecule is O=S(=O)(c1ccc(Cl)cc1)N1CC(N2CCc3sccc3C2)C1. The van der Waals surface area contributed by atoms with Crippen molar-refractivity contribution < 1.29 is 8.42 Å². The van der Waals surface area contributed by atoms with E-state index in [0.717, 1.165) is 19.5 Å². The molecular formula is C16H17ClN2O2S2. The third kappa shape index (κ3) is 2.83. The minimum absolute atomic E-state index is 0.319. The Balaban J connectivity index is 1.42. The molecule has 0 aliphatic carbocycles. The van der Waals surface area contributed by atoms with Crippen LogP contribution in [0.3, 0.4) is 0 Å². The summed E-state index contributed by atoms with van der Waals surface area (Å²) in [5.41, 5.74) is 1.40. The molecule has 4 nitrogen and oxygen atoms in total. The third-order valence-electron chi connectivity index (χ3n) is 4.63. The molecule has 1 aromatic carbocycles. The summed E-state index contributed by atoms with van der Waals surface area (Å²) < 4.78 is 26.7. The first kappa shape index (κ1) is 15.6. The van der Waals surface area contributed by atoms with E-state index in [1.165, 1.54) is 10.4 Å². The molecule has 23 heavy (non-hydrogen) atoms. The molecular weight excluding hydrogens is 352 g/mol. The van der Waals surface area contributed by atoms with Crippen molar-refractivity contribution in [3.05, 3.63) is 51.2 Å². The molecule has 1 saturated heterocycles. The minimum Gasteiger partial charge on any atom is -0.293 e. The van der Waals surface area contributed by atoms with Crippen molar-refractivity contribution >= 4 is 33.0 Å². The van der Waals surface area contributed by atoms with Crippen LogP contribution in [0.1, 0.15) is 10.4 Å². The molecule has 3 heterocycles. The van der Waals surface area contributed by atoms with Crippen molar-refractivity contribution in [2.24, 2.45) is 0 Å². The van der Waals surface area contributed by atoms with E-state index in [9.17, 15) is 8.42 Å². The fourth-order valence-corrected chi connectivity index (χ4v) is 5.71. The van der Waals surface area contributed by atoms with Crippen molar-refractivity contribution in [1.29, 1.82) is 0 Å². The van der Waals surface area contributed by atoms with Gasteiger partial charge in [0.05, 0.1) is 4.90 Å². The maximum Gasteiger partial charge on any atom is 0.243 e. The molecule has 2 aliphatic rings. The molecule has 7 heteroatoms. The molecule has 4 rings (SSSR count). The van der Waals surface area contributed by atoms with Gasteiger partial charge in [0.15, 0.2) is 0 Å². The van der Waals surface area contributed by atoms with Crippen LogP contribution >= 0.6 is 22.9 Å². The van der Waals surface area contributed by atoms with Gasteiger partial charge < -0.3 is 0 Å². The molecule has 0 N–H and O–H groups in total. The van der Waals surface area contributed by atoms with Crippen LogP contribution in [-0.2, 0) is 23.0 Å². The van der Waals surface area contributed by atoms with Crippen LogP contribution in [-0.4, -0.2) is 43.3 Å². The predicted octanol–water partition coefficient (Wildman–Crippen LogP) is 2.83. The van der Waals surface area contributed by atoms with Gasteiger partial charge in [-0.2, -0.15) is 4.31 Å². The number of hydrogen-bond donors (Lipinski definition) is 0. The van der Waals surface area contributed by atoms with Crippen molar-refractivity contribution in [1.82, 2.24) is 9.21 Å². The van der Waals surface area contributed by atoms with E-state index in [1.807, 2.05) is 11.3 Å². The first-order chi connectivity index (χ1) is 11.0. The standard InChI is InChI=1S/C16H17ClN2O2S2/c17-13-1-3-15(4-2-13)23(20,21)19-10-14(11-19)18-7-5-16-12(9-18)6-8-22-16/h1-4,6,8,14H,5,7,9-11H2. The zero-order valence-corrected chi connectivity index (χ0v) is 14.9. The summed E-state index contributed by atoms with van der Waals surface area (Å²) in [6.07, 6.45) is 1.08. The Morgan fingerprint density at radius 2 is 1.87 bits per heavy atom. The maximum absolute atomic E-state index is 12.6. The molecule has 0 radical (unpaired) electrons. The lowest BCUT2D eigenvalue weighted by atomic mass is 10.0. The second kappa shape index (κ2) is 5.86. The lowest BCUT2D eigenvalue weighted by Gasteiger charge is -2.45. The van der Waals surface area contributed by atoms with Gasteiger partial charge in [0.2, 0.25) is 10.0 Å². The number of fused-ring (bicyclic) bond motifs is 1. The Kier molecular flexibility index (Phi) is 3.98. The fourth-order valence-electron chi connectivity index (χ4n) is 3.18. The Hall–Kier alpha value is -0.920. The highest BCUT2D eigenvalue weighted by Crippen LogP contribution is 2.30. The van der Waals surface area contributed by atoms with Crippen molar-refractivity contribution in [2.45, 2.75) is 23.9 Å². The van der Waals surface area contributed by atoms with Gasteiger partial charge in [0.1, 0.15) is 0 Å². The Bertz CT molecular complexity index is 811. The highest BCUT2D eigenvalue weighted by molar-refractivity contribution is 7.89. The van der Waals surface area contributed by atoms with E-state index in [4.69, 9.17) is 11.6 Å². The fraction of sp³-hybridized carbons (Fsp3) is 0.375. The molecule has 2 aliphatic heterocycles. The van der Waals surface area contributed by atoms with Gasteiger partial charge in [0, 0.05) is 42.1 Å². The smallest absolute Gasteiger partial charge is 0.243 e. The van der Waals surface area contributed by atoms with Gasteiger partial charge in [-0.05, 0) is 47.7 Å². The minimum atomic E-state index is -3.39. The second-order valence-corrected chi connectivity index (χ2v) is 9.39. The second-order valence-electron chi connectivity index (χ2n) is 6.02. The van der Waals surface area contributed by atoms with Crippen molar-refractivity contribution in [3.8, 4) is 0 Å². The van der Waals surface area contributed by atoms with Gasteiger partial charge in [-0.1, -0.05) is 11.6 Å². The normalized spacial score (nSPS) is 20.2. The van der Waals surface area contributed by atoms with Crippen molar-refractivity contribution in [3.63, 3.8) is 0 Å². The summed E-state index contributed by atoms with van der Waals surface area (Å²) in [4.78, 5) is 4.20. The van der Waals surface area contributed by atoms with Gasteiger partial charge in [-0.25, -0.2) is 8.42 Å². The Labute approximate surface area is 145 Å². The van der Waals surface area contributed by atoms with Gasteiger partial charge >= 0.3 is 0 Å². The predicted molar refractivity (Wildman–Crippen MR) is 92.4 cm³/mol. The topological polar surface area (TPSA) is 40.6 Å². The van der Waals surface area contributed by atoms with E-state index in [-0.39, 0.29) is 0 Å². The van der Waals surface area contributed by atoms with Crippen molar-refractivity contribution in [2.75, 3.05) is 19.6 Å². The zero-order valence-electron chi connectivity index (χ0n) is 12.5. The monoisotopic (exact) mass is 368 g/mol. The number of benzene rings is 1. The summed E-state index contributed by atoms with van der Waals surface area (Å²) in [6, 6.07) is 8.90. The highest BCUT2D eigenvalue weighted by atomic mass is 35.5. The van der Waals surface area contributed by atoms with E-state index in [1.54, 1.807) is 28.6 Å². The molecule has 2 aromatic rings. The molecule has 0 amide bonds. The molecule has 0 atom stereocenters. The molecule has 122 valence electrons.